The largest absolute Gasteiger partial charge is 0.493 e. The van der Waals surface area contributed by atoms with Crippen LogP contribution < -0.4 is 9.47 Å². The van der Waals surface area contributed by atoms with Gasteiger partial charge in [0.2, 0.25) is 0 Å². The van der Waals surface area contributed by atoms with E-state index in [9.17, 15) is 14.7 Å². The smallest absolute Gasteiger partial charge is 0.309 e. The molecule has 194 valence electrons. The van der Waals surface area contributed by atoms with E-state index in [4.69, 9.17) is 14.2 Å². The quantitative estimate of drug-likeness (QED) is 0.531. The van der Waals surface area contributed by atoms with Crippen molar-refractivity contribution in [3.05, 3.63) is 23.3 Å². The van der Waals surface area contributed by atoms with Gasteiger partial charge in [0, 0.05) is 19.1 Å². The fraction of sp³-hybridized carbons (Fsp3) is 0.714. The SMILES string of the molecule is COc1cc2c(cc1OC)[C@H]1C[C@@H](COC(=O)C3CCCCC3C(=O)O)[C@H](CC(C)C)CN1CC2. The number of hydrogen-bond donors (Lipinski definition) is 1. The van der Waals surface area contributed by atoms with E-state index < -0.39 is 17.8 Å². The van der Waals surface area contributed by atoms with Crippen LogP contribution in [0, 0.1) is 29.6 Å². The fourth-order valence-electron chi connectivity index (χ4n) is 6.59. The number of rotatable bonds is 8. The highest BCUT2D eigenvalue weighted by atomic mass is 16.5. The summed E-state index contributed by atoms with van der Waals surface area (Å²) in [6.45, 7) is 6.86. The fourth-order valence-corrected chi connectivity index (χ4v) is 6.59. The summed E-state index contributed by atoms with van der Waals surface area (Å²) in [5.74, 6) is 0.437. The molecular formula is C28H41NO6. The number of methoxy groups -OCH3 is 2. The van der Waals surface area contributed by atoms with Crippen molar-refractivity contribution in [3.63, 3.8) is 0 Å². The summed E-state index contributed by atoms with van der Waals surface area (Å²) in [5.41, 5.74) is 2.58. The first-order chi connectivity index (χ1) is 16.8. The van der Waals surface area contributed by atoms with Crippen molar-refractivity contribution in [2.45, 2.75) is 64.8 Å². The van der Waals surface area contributed by atoms with Gasteiger partial charge in [-0.3, -0.25) is 14.5 Å². The number of esters is 1. The molecule has 7 nitrogen and oxygen atoms in total. The highest BCUT2D eigenvalue weighted by molar-refractivity contribution is 5.81. The lowest BCUT2D eigenvalue weighted by Gasteiger charge is -2.47. The van der Waals surface area contributed by atoms with Crippen LogP contribution in [0.25, 0.3) is 0 Å². The minimum atomic E-state index is -0.874. The topological polar surface area (TPSA) is 85.3 Å². The van der Waals surface area contributed by atoms with E-state index in [1.165, 1.54) is 11.1 Å². The lowest BCUT2D eigenvalue weighted by Crippen LogP contribution is -2.47. The monoisotopic (exact) mass is 487 g/mol. The second-order valence-electron chi connectivity index (χ2n) is 11.0. The maximum absolute atomic E-state index is 13.0. The molecule has 0 bridgehead atoms. The molecule has 5 atom stereocenters. The standard InChI is InChI=1S/C28H41NO6/c1-17(2)11-19-15-29-10-9-18-13-25(33-3)26(34-4)14-23(18)24(29)12-20(19)16-35-28(32)22-8-6-5-7-21(22)27(30)31/h13-14,17,19-22,24H,5-12,15-16H2,1-4H3,(H,30,31)/t19-,20+,21?,22?,24-/m1/s1. The molecule has 2 fully saturated rings. The van der Waals surface area contributed by atoms with E-state index in [-0.39, 0.29) is 17.9 Å². The predicted molar refractivity (Wildman–Crippen MR) is 133 cm³/mol. The van der Waals surface area contributed by atoms with E-state index in [0.29, 0.717) is 31.3 Å². The molecule has 1 saturated heterocycles. The van der Waals surface area contributed by atoms with Crippen molar-refractivity contribution in [2.24, 2.45) is 29.6 Å². The Morgan fingerprint density at radius 3 is 2.40 bits per heavy atom. The Balaban J connectivity index is 1.52. The van der Waals surface area contributed by atoms with Crippen molar-refractivity contribution in [1.29, 1.82) is 0 Å². The molecule has 1 aliphatic carbocycles. The summed E-state index contributed by atoms with van der Waals surface area (Å²) >= 11 is 0. The number of carboxylic acid groups (broad SMARTS) is 1. The molecule has 1 aromatic carbocycles. The van der Waals surface area contributed by atoms with Crippen molar-refractivity contribution < 1.29 is 28.9 Å². The third-order valence-electron chi connectivity index (χ3n) is 8.37. The maximum Gasteiger partial charge on any atom is 0.309 e. The van der Waals surface area contributed by atoms with Crippen LogP contribution in [-0.4, -0.2) is 55.9 Å². The molecular weight excluding hydrogens is 446 g/mol. The number of benzene rings is 1. The van der Waals surface area contributed by atoms with E-state index in [0.717, 1.165) is 56.7 Å². The van der Waals surface area contributed by atoms with E-state index in [2.05, 4.69) is 30.9 Å². The lowest BCUT2D eigenvalue weighted by atomic mass is 9.74. The van der Waals surface area contributed by atoms with Crippen LogP contribution in [0.15, 0.2) is 12.1 Å². The van der Waals surface area contributed by atoms with Gasteiger partial charge in [-0.2, -0.15) is 0 Å². The third kappa shape index (κ3) is 5.60. The molecule has 7 heteroatoms. The van der Waals surface area contributed by atoms with Gasteiger partial charge in [-0.15, -0.1) is 0 Å². The first-order valence-electron chi connectivity index (χ1n) is 13.2. The molecule has 0 aromatic heterocycles. The molecule has 1 saturated carbocycles. The lowest BCUT2D eigenvalue weighted by molar-refractivity contribution is -0.161. The number of carbonyl (C=O) groups excluding carboxylic acids is 1. The number of carbonyl (C=O) groups is 2. The van der Waals surface area contributed by atoms with Gasteiger partial charge in [-0.1, -0.05) is 26.7 Å². The molecule has 2 heterocycles. The number of nitrogens with zero attached hydrogens (tertiary/aromatic N) is 1. The van der Waals surface area contributed by atoms with Gasteiger partial charge in [0.05, 0.1) is 32.7 Å². The van der Waals surface area contributed by atoms with Gasteiger partial charge in [0.25, 0.3) is 0 Å². The summed E-state index contributed by atoms with van der Waals surface area (Å²) in [7, 11) is 3.34. The molecule has 1 N–H and O–H groups in total. The summed E-state index contributed by atoms with van der Waals surface area (Å²) < 4.78 is 17.0. The van der Waals surface area contributed by atoms with Gasteiger partial charge in [-0.25, -0.2) is 0 Å². The van der Waals surface area contributed by atoms with Crippen molar-refractivity contribution in [1.82, 2.24) is 4.90 Å². The van der Waals surface area contributed by atoms with Gasteiger partial charge in [-0.05, 0) is 73.1 Å². The molecule has 0 amide bonds. The average molecular weight is 488 g/mol. The van der Waals surface area contributed by atoms with Crippen LogP contribution in [0.1, 0.15) is 69.5 Å². The van der Waals surface area contributed by atoms with Crippen LogP contribution >= 0.6 is 0 Å². The number of ether oxygens (including phenoxy) is 3. The molecule has 0 spiro atoms. The summed E-state index contributed by atoms with van der Waals surface area (Å²) in [6, 6.07) is 4.48. The Labute approximate surface area is 209 Å². The molecule has 2 aliphatic heterocycles. The van der Waals surface area contributed by atoms with Crippen molar-refractivity contribution in [3.8, 4) is 11.5 Å². The Bertz CT molecular complexity index is 915. The minimum Gasteiger partial charge on any atom is -0.493 e. The van der Waals surface area contributed by atoms with Crippen molar-refractivity contribution >= 4 is 11.9 Å². The van der Waals surface area contributed by atoms with Gasteiger partial charge >= 0.3 is 11.9 Å². The highest BCUT2D eigenvalue weighted by Gasteiger charge is 2.41. The van der Waals surface area contributed by atoms with Crippen molar-refractivity contribution in [2.75, 3.05) is 33.9 Å². The van der Waals surface area contributed by atoms with Gasteiger partial charge < -0.3 is 19.3 Å². The van der Waals surface area contributed by atoms with Crippen LogP contribution in [0.5, 0.6) is 11.5 Å². The summed E-state index contributed by atoms with van der Waals surface area (Å²) in [4.78, 5) is 27.3. The molecule has 1 aromatic rings. The molecule has 35 heavy (non-hydrogen) atoms. The predicted octanol–water partition coefficient (Wildman–Crippen LogP) is 4.72. The van der Waals surface area contributed by atoms with E-state index in [1.54, 1.807) is 14.2 Å². The van der Waals surface area contributed by atoms with E-state index in [1.807, 2.05) is 0 Å². The van der Waals surface area contributed by atoms with Crippen LogP contribution in [0.4, 0.5) is 0 Å². The summed E-state index contributed by atoms with van der Waals surface area (Å²) in [5, 5.41) is 9.59. The Morgan fingerprint density at radius 2 is 1.74 bits per heavy atom. The zero-order valence-electron chi connectivity index (χ0n) is 21.6. The Hall–Kier alpha value is -2.28. The number of fused-ring (bicyclic) bond motifs is 3. The zero-order chi connectivity index (χ0) is 25.1. The molecule has 0 radical (unpaired) electrons. The average Bonchev–Trinajstić information content (AvgIpc) is 2.85. The molecule has 3 aliphatic rings. The Morgan fingerprint density at radius 1 is 1.06 bits per heavy atom. The van der Waals surface area contributed by atoms with Crippen LogP contribution in [0.3, 0.4) is 0 Å². The summed E-state index contributed by atoms with van der Waals surface area (Å²) in [6.07, 6.45) is 5.92. The van der Waals surface area contributed by atoms with Gasteiger partial charge in [0.1, 0.15) is 0 Å². The second-order valence-corrected chi connectivity index (χ2v) is 11.0. The maximum atomic E-state index is 13.0. The van der Waals surface area contributed by atoms with Crippen LogP contribution in [0.2, 0.25) is 0 Å². The van der Waals surface area contributed by atoms with E-state index >= 15 is 0 Å². The Kier molecular flexibility index (Phi) is 8.25. The molecule has 2 unspecified atom stereocenters. The highest BCUT2D eigenvalue weighted by Crippen LogP contribution is 2.45. The third-order valence-corrected chi connectivity index (χ3v) is 8.37. The molecule has 4 rings (SSSR count). The van der Waals surface area contributed by atoms with Crippen LogP contribution in [-0.2, 0) is 20.7 Å². The van der Waals surface area contributed by atoms with Gasteiger partial charge in [0.15, 0.2) is 11.5 Å². The normalized spacial score (nSPS) is 28.7. The number of hydrogen-bond acceptors (Lipinski definition) is 6. The number of aliphatic carboxylic acids is 1. The second kappa shape index (κ2) is 11.2. The minimum absolute atomic E-state index is 0.244. The number of carboxylic acids is 1. The number of piperidine rings is 1. The zero-order valence-corrected chi connectivity index (χ0v) is 21.6. The first kappa shape index (κ1) is 25.8. The first-order valence-corrected chi connectivity index (χ1v) is 13.2.